The molecule has 0 bridgehead atoms. The normalized spacial score (nSPS) is 19.8. The molecule has 2 rings (SSSR count). The minimum absolute atomic E-state index is 0.0542. The summed E-state index contributed by atoms with van der Waals surface area (Å²) >= 11 is 0. The molecule has 90 valence electrons. The van der Waals surface area contributed by atoms with Gasteiger partial charge in [0.05, 0.1) is 6.54 Å². The molecule has 0 aliphatic heterocycles. The molecule has 0 spiro atoms. The number of hydrogen-bond acceptors (Lipinski definition) is 3. The van der Waals surface area contributed by atoms with Gasteiger partial charge in [0.15, 0.2) is 0 Å². The van der Waals surface area contributed by atoms with Crippen molar-refractivity contribution < 1.29 is 14.7 Å². The molecule has 2 aliphatic carbocycles. The number of aliphatic carboxylic acids is 1. The molecule has 0 aromatic heterocycles. The Morgan fingerprint density at radius 3 is 2.44 bits per heavy atom. The molecular weight excluding hydrogens is 208 g/mol. The lowest BCUT2D eigenvalue weighted by Crippen LogP contribution is -2.36. The third-order valence-electron chi connectivity index (χ3n) is 2.97. The topological polar surface area (TPSA) is 69.6 Å². The van der Waals surface area contributed by atoms with Crippen molar-refractivity contribution in [3.63, 3.8) is 0 Å². The van der Waals surface area contributed by atoms with Crippen LogP contribution in [0, 0.1) is 0 Å². The Bertz CT molecular complexity index is 285. The highest BCUT2D eigenvalue weighted by molar-refractivity contribution is 5.77. The van der Waals surface area contributed by atoms with Gasteiger partial charge >= 0.3 is 5.97 Å². The van der Waals surface area contributed by atoms with Crippen LogP contribution in [0.3, 0.4) is 0 Å². The zero-order valence-corrected chi connectivity index (χ0v) is 9.32. The van der Waals surface area contributed by atoms with Crippen LogP contribution in [-0.4, -0.2) is 47.1 Å². The molecule has 5 nitrogen and oxygen atoms in total. The molecule has 0 heterocycles. The molecular formula is C11H18N2O3. The van der Waals surface area contributed by atoms with Gasteiger partial charge in [0, 0.05) is 25.0 Å². The molecule has 2 saturated carbocycles. The standard InChI is InChI=1S/C11H18N2O3/c14-10(12-8-1-2-8)5-6-13(7-11(15)16)9-3-4-9/h8-9H,1-7H2,(H,12,14)(H,15,16). The number of carboxylic acid groups (broad SMARTS) is 1. The summed E-state index contributed by atoms with van der Waals surface area (Å²) in [5.41, 5.74) is 0. The van der Waals surface area contributed by atoms with E-state index < -0.39 is 5.97 Å². The SMILES string of the molecule is O=C(O)CN(CCC(=O)NC1CC1)C1CC1. The number of hydrogen-bond donors (Lipinski definition) is 2. The Morgan fingerprint density at radius 1 is 1.25 bits per heavy atom. The summed E-state index contributed by atoms with van der Waals surface area (Å²) in [7, 11) is 0. The largest absolute Gasteiger partial charge is 0.480 e. The minimum Gasteiger partial charge on any atom is -0.480 e. The fraction of sp³-hybridized carbons (Fsp3) is 0.818. The average molecular weight is 226 g/mol. The second-order valence-electron chi connectivity index (χ2n) is 4.69. The van der Waals surface area contributed by atoms with E-state index in [1.807, 2.05) is 4.90 Å². The van der Waals surface area contributed by atoms with Gasteiger partial charge < -0.3 is 10.4 Å². The van der Waals surface area contributed by atoms with Crippen LogP contribution in [0.4, 0.5) is 0 Å². The fourth-order valence-corrected chi connectivity index (χ4v) is 1.78. The van der Waals surface area contributed by atoms with E-state index in [2.05, 4.69) is 5.32 Å². The number of nitrogens with zero attached hydrogens (tertiary/aromatic N) is 1. The quantitative estimate of drug-likeness (QED) is 0.651. The zero-order chi connectivity index (χ0) is 11.5. The van der Waals surface area contributed by atoms with Crippen molar-refractivity contribution in [1.82, 2.24) is 10.2 Å². The monoisotopic (exact) mass is 226 g/mol. The average Bonchev–Trinajstić information content (AvgIpc) is 3.02. The van der Waals surface area contributed by atoms with Gasteiger partial charge in [0.1, 0.15) is 0 Å². The molecule has 2 aliphatic rings. The van der Waals surface area contributed by atoms with Gasteiger partial charge in [-0.3, -0.25) is 14.5 Å². The van der Waals surface area contributed by atoms with Crippen molar-refractivity contribution in [3.05, 3.63) is 0 Å². The molecule has 16 heavy (non-hydrogen) atoms. The van der Waals surface area contributed by atoms with Crippen molar-refractivity contribution >= 4 is 11.9 Å². The van der Waals surface area contributed by atoms with Crippen LogP contribution in [0.15, 0.2) is 0 Å². The van der Waals surface area contributed by atoms with E-state index in [0.29, 0.717) is 25.0 Å². The molecule has 0 aromatic carbocycles. The Kier molecular flexibility index (Phi) is 3.43. The maximum absolute atomic E-state index is 11.4. The first kappa shape index (κ1) is 11.4. The summed E-state index contributed by atoms with van der Waals surface area (Å²) in [4.78, 5) is 24.0. The minimum atomic E-state index is -0.811. The lowest BCUT2D eigenvalue weighted by Gasteiger charge is -2.19. The first-order valence-electron chi connectivity index (χ1n) is 5.90. The van der Waals surface area contributed by atoms with Gasteiger partial charge in [-0.1, -0.05) is 0 Å². The Morgan fingerprint density at radius 2 is 1.94 bits per heavy atom. The number of nitrogens with one attached hydrogen (secondary N) is 1. The summed E-state index contributed by atoms with van der Waals surface area (Å²) in [5.74, 6) is -0.756. The molecule has 0 atom stereocenters. The summed E-state index contributed by atoms with van der Waals surface area (Å²) in [6.07, 6.45) is 4.73. The molecule has 2 fully saturated rings. The second-order valence-corrected chi connectivity index (χ2v) is 4.69. The molecule has 1 amide bonds. The summed E-state index contributed by atoms with van der Waals surface area (Å²) in [5, 5.41) is 11.6. The van der Waals surface area contributed by atoms with E-state index in [4.69, 9.17) is 5.11 Å². The first-order valence-corrected chi connectivity index (χ1v) is 5.90. The molecule has 0 saturated heterocycles. The Balaban J connectivity index is 1.67. The predicted octanol–water partition coefficient (Wildman–Crippen LogP) is 0.204. The van der Waals surface area contributed by atoms with Gasteiger partial charge in [0.25, 0.3) is 0 Å². The van der Waals surface area contributed by atoms with E-state index in [1.54, 1.807) is 0 Å². The van der Waals surface area contributed by atoms with Crippen molar-refractivity contribution in [3.8, 4) is 0 Å². The first-order chi connectivity index (χ1) is 7.65. The van der Waals surface area contributed by atoms with Gasteiger partial charge in [-0.25, -0.2) is 0 Å². The number of carboxylic acids is 1. The van der Waals surface area contributed by atoms with E-state index in [9.17, 15) is 9.59 Å². The van der Waals surface area contributed by atoms with Crippen LogP contribution in [0.5, 0.6) is 0 Å². The van der Waals surface area contributed by atoms with E-state index in [1.165, 1.54) is 0 Å². The number of carbonyl (C=O) groups excluding carboxylic acids is 1. The Labute approximate surface area is 94.8 Å². The van der Waals surface area contributed by atoms with Crippen molar-refractivity contribution in [1.29, 1.82) is 0 Å². The summed E-state index contributed by atoms with van der Waals surface area (Å²) in [6.45, 7) is 0.622. The maximum Gasteiger partial charge on any atom is 0.317 e. The lowest BCUT2D eigenvalue weighted by atomic mass is 10.3. The zero-order valence-electron chi connectivity index (χ0n) is 9.32. The summed E-state index contributed by atoms with van der Waals surface area (Å²) in [6, 6.07) is 0.783. The van der Waals surface area contributed by atoms with Crippen LogP contribution in [0.1, 0.15) is 32.1 Å². The highest BCUT2D eigenvalue weighted by Crippen LogP contribution is 2.26. The predicted molar refractivity (Wildman–Crippen MR) is 58.0 cm³/mol. The number of rotatable bonds is 7. The maximum atomic E-state index is 11.4. The smallest absolute Gasteiger partial charge is 0.317 e. The number of carbonyl (C=O) groups is 2. The highest BCUT2D eigenvalue weighted by Gasteiger charge is 2.30. The van der Waals surface area contributed by atoms with Crippen molar-refractivity contribution in [2.45, 2.75) is 44.2 Å². The van der Waals surface area contributed by atoms with E-state index in [-0.39, 0.29) is 12.5 Å². The molecule has 0 unspecified atom stereocenters. The second kappa shape index (κ2) is 4.82. The van der Waals surface area contributed by atoms with Crippen LogP contribution < -0.4 is 5.32 Å². The van der Waals surface area contributed by atoms with Crippen molar-refractivity contribution in [2.24, 2.45) is 0 Å². The molecule has 5 heteroatoms. The van der Waals surface area contributed by atoms with Crippen LogP contribution in [-0.2, 0) is 9.59 Å². The van der Waals surface area contributed by atoms with Gasteiger partial charge in [-0.05, 0) is 25.7 Å². The van der Waals surface area contributed by atoms with E-state index >= 15 is 0 Å². The van der Waals surface area contributed by atoms with Gasteiger partial charge in [-0.15, -0.1) is 0 Å². The molecule has 2 N–H and O–H groups in total. The van der Waals surface area contributed by atoms with Crippen LogP contribution in [0.25, 0.3) is 0 Å². The Hall–Kier alpha value is -1.10. The third kappa shape index (κ3) is 3.81. The van der Waals surface area contributed by atoms with Gasteiger partial charge in [0.2, 0.25) is 5.91 Å². The van der Waals surface area contributed by atoms with Crippen LogP contribution in [0.2, 0.25) is 0 Å². The fourth-order valence-electron chi connectivity index (χ4n) is 1.78. The summed E-state index contributed by atoms with van der Waals surface area (Å²) < 4.78 is 0. The highest BCUT2D eigenvalue weighted by atomic mass is 16.4. The van der Waals surface area contributed by atoms with Gasteiger partial charge in [-0.2, -0.15) is 0 Å². The molecule has 0 aromatic rings. The van der Waals surface area contributed by atoms with E-state index in [0.717, 1.165) is 25.7 Å². The van der Waals surface area contributed by atoms with Crippen LogP contribution >= 0.6 is 0 Å². The number of amides is 1. The third-order valence-corrected chi connectivity index (χ3v) is 2.97. The lowest BCUT2D eigenvalue weighted by molar-refractivity contribution is -0.138. The molecule has 0 radical (unpaired) electrons. The van der Waals surface area contributed by atoms with Crippen molar-refractivity contribution in [2.75, 3.05) is 13.1 Å².